The molecule has 0 amide bonds. The molecule has 0 radical (unpaired) electrons. The van der Waals surface area contributed by atoms with Crippen LogP contribution in [0.25, 0.3) is 18.0 Å². The summed E-state index contributed by atoms with van der Waals surface area (Å²) in [6.45, 7) is 1.98. The molecule has 26 heavy (non-hydrogen) atoms. The first-order valence-corrected chi connectivity index (χ1v) is 8.74. The van der Waals surface area contributed by atoms with Crippen LogP contribution in [0.5, 0.6) is 0 Å². The van der Waals surface area contributed by atoms with Gasteiger partial charge in [0.15, 0.2) is 0 Å². The van der Waals surface area contributed by atoms with Gasteiger partial charge in [-0.05, 0) is 48.9 Å². The van der Waals surface area contributed by atoms with Gasteiger partial charge in [-0.3, -0.25) is 9.89 Å². The monoisotopic (exact) mass is 391 g/mol. The Kier molecular flexibility index (Phi) is 5.49. The van der Waals surface area contributed by atoms with Crippen LogP contribution in [0.2, 0.25) is 10.0 Å². The highest BCUT2D eigenvalue weighted by atomic mass is 35.5. The Hall–Kier alpha value is -2.50. The fourth-order valence-electron chi connectivity index (χ4n) is 2.48. The molecule has 1 aromatic heterocycles. The van der Waals surface area contributed by atoms with Crippen LogP contribution in [-0.2, 0) is 0 Å². The average molecular weight is 392 g/mol. The van der Waals surface area contributed by atoms with E-state index in [1.54, 1.807) is 36.5 Å². The number of halogens is 3. The van der Waals surface area contributed by atoms with Gasteiger partial charge >= 0.3 is 0 Å². The van der Waals surface area contributed by atoms with Gasteiger partial charge in [0, 0.05) is 11.9 Å². The lowest BCUT2D eigenvalue weighted by molar-refractivity contribution is 0.627. The van der Waals surface area contributed by atoms with Crippen LogP contribution < -0.4 is 21.4 Å². The first-order chi connectivity index (χ1) is 12.5. The minimum Gasteiger partial charge on any atom is -0.361 e. The molecular weight excluding hydrogens is 376 g/mol. The molecule has 7 heteroatoms. The van der Waals surface area contributed by atoms with Crippen molar-refractivity contribution in [3.63, 3.8) is 0 Å². The zero-order valence-electron chi connectivity index (χ0n) is 13.9. The van der Waals surface area contributed by atoms with Gasteiger partial charge < -0.3 is 5.32 Å². The lowest BCUT2D eigenvalue weighted by Gasteiger charge is -2.01. The molecule has 3 aromatic rings. The quantitative estimate of drug-likeness (QED) is 0.712. The van der Waals surface area contributed by atoms with Gasteiger partial charge in [0.25, 0.3) is 5.56 Å². The molecule has 0 bridgehead atoms. The Morgan fingerprint density at radius 2 is 1.88 bits per heavy atom. The Morgan fingerprint density at radius 1 is 1.15 bits per heavy atom. The van der Waals surface area contributed by atoms with Gasteiger partial charge in [-0.25, -0.2) is 9.07 Å². The minimum atomic E-state index is -0.359. The van der Waals surface area contributed by atoms with E-state index in [2.05, 4.69) is 10.4 Å². The van der Waals surface area contributed by atoms with Crippen molar-refractivity contribution in [3.05, 3.63) is 79.2 Å². The molecule has 3 rings (SSSR count). The number of aromatic nitrogens is 2. The third kappa shape index (κ3) is 3.84. The molecule has 0 aliphatic heterocycles. The smallest absolute Gasteiger partial charge is 0.280 e. The van der Waals surface area contributed by atoms with Crippen molar-refractivity contribution in [2.75, 3.05) is 5.32 Å². The van der Waals surface area contributed by atoms with Crippen molar-refractivity contribution in [2.24, 2.45) is 0 Å². The second kappa shape index (κ2) is 7.81. The van der Waals surface area contributed by atoms with Crippen molar-refractivity contribution < 1.29 is 4.39 Å². The fourth-order valence-corrected chi connectivity index (χ4v) is 2.78. The molecule has 0 saturated heterocycles. The highest BCUT2D eigenvalue weighted by molar-refractivity contribution is 6.42. The highest BCUT2D eigenvalue weighted by Gasteiger charge is 2.06. The molecule has 2 N–H and O–H groups in total. The number of benzene rings is 2. The maximum atomic E-state index is 13.1. The Bertz CT molecular complexity index is 1100. The van der Waals surface area contributed by atoms with E-state index in [4.69, 9.17) is 23.2 Å². The number of hydrogen-bond acceptors (Lipinski definition) is 2. The number of anilines is 1. The van der Waals surface area contributed by atoms with Crippen LogP contribution in [0.4, 0.5) is 10.1 Å². The summed E-state index contributed by atoms with van der Waals surface area (Å²) in [5.41, 5.74) is 1.01. The zero-order valence-corrected chi connectivity index (χ0v) is 15.4. The molecule has 1 heterocycles. The van der Waals surface area contributed by atoms with Gasteiger partial charge in [0.2, 0.25) is 0 Å². The first kappa shape index (κ1) is 18.3. The van der Waals surface area contributed by atoms with E-state index in [0.29, 0.717) is 32.0 Å². The van der Waals surface area contributed by atoms with Crippen molar-refractivity contribution in [1.82, 2.24) is 9.78 Å². The largest absolute Gasteiger partial charge is 0.361 e. The summed E-state index contributed by atoms with van der Waals surface area (Å²) in [5.74, 6) is -0.359. The van der Waals surface area contributed by atoms with E-state index in [1.165, 1.54) is 16.8 Å². The van der Waals surface area contributed by atoms with E-state index in [0.717, 1.165) is 6.42 Å². The van der Waals surface area contributed by atoms with E-state index in [1.807, 2.05) is 13.0 Å². The van der Waals surface area contributed by atoms with E-state index in [-0.39, 0.29) is 11.4 Å². The number of rotatable bonds is 4. The van der Waals surface area contributed by atoms with Crippen LogP contribution in [-0.4, -0.2) is 9.78 Å². The van der Waals surface area contributed by atoms with Gasteiger partial charge in [0.05, 0.1) is 26.3 Å². The molecule has 0 saturated carbocycles. The van der Waals surface area contributed by atoms with E-state index in [9.17, 15) is 9.18 Å². The number of nitrogens with zero attached hydrogens (tertiary/aromatic N) is 1. The molecule has 134 valence electrons. The lowest BCUT2D eigenvalue weighted by atomic mass is 10.3. The molecule has 0 aliphatic rings. The Balaban J connectivity index is 2.08. The molecule has 0 fully saturated rings. The molecule has 2 aromatic carbocycles. The predicted octanol–water partition coefficient (Wildman–Crippen LogP) is 3.65. The van der Waals surface area contributed by atoms with Crippen molar-refractivity contribution in [1.29, 1.82) is 0 Å². The SMILES string of the molecule is CCC=c1[nH]n(-c2ccc(F)cc2)c(=O)c1=CNc1ccc(Cl)c(Cl)c1. The van der Waals surface area contributed by atoms with E-state index >= 15 is 0 Å². The van der Waals surface area contributed by atoms with Crippen LogP contribution >= 0.6 is 23.2 Å². The normalized spacial score (nSPS) is 12.6. The van der Waals surface area contributed by atoms with Crippen molar-refractivity contribution in [3.8, 4) is 5.69 Å². The molecule has 0 aliphatic carbocycles. The average Bonchev–Trinajstić information content (AvgIpc) is 2.93. The lowest BCUT2D eigenvalue weighted by Crippen LogP contribution is -2.35. The molecule has 0 unspecified atom stereocenters. The Labute approximate surface area is 159 Å². The number of H-pyrrole nitrogens is 1. The molecule has 0 spiro atoms. The summed E-state index contributed by atoms with van der Waals surface area (Å²) >= 11 is 11.9. The van der Waals surface area contributed by atoms with Crippen molar-refractivity contribution in [2.45, 2.75) is 13.3 Å². The molecule has 0 atom stereocenters. The van der Waals surface area contributed by atoms with Crippen LogP contribution in [0.15, 0.2) is 47.3 Å². The Morgan fingerprint density at radius 3 is 2.54 bits per heavy atom. The topological polar surface area (TPSA) is 49.8 Å². The predicted molar refractivity (Wildman–Crippen MR) is 105 cm³/mol. The van der Waals surface area contributed by atoms with Gasteiger partial charge in [-0.1, -0.05) is 36.2 Å². The van der Waals surface area contributed by atoms with Crippen LogP contribution in [0.1, 0.15) is 13.3 Å². The second-order valence-corrected chi connectivity index (χ2v) is 6.40. The number of nitrogens with one attached hydrogen (secondary N) is 2. The highest BCUT2D eigenvalue weighted by Crippen LogP contribution is 2.24. The summed E-state index contributed by atoms with van der Waals surface area (Å²) in [4.78, 5) is 12.8. The summed E-state index contributed by atoms with van der Waals surface area (Å²) in [7, 11) is 0. The summed E-state index contributed by atoms with van der Waals surface area (Å²) in [6, 6.07) is 10.8. The maximum absolute atomic E-state index is 13.1. The summed E-state index contributed by atoms with van der Waals surface area (Å²) < 4.78 is 14.5. The fraction of sp³-hybridized carbons (Fsp3) is 0.105. The molecular formula is C19H16Cl2FN3O. The van der Waals surface area contributed by atoms with Gasteiger partial charge in [0.1, 0.15) is 5.82 Å². The first-order valence-electron chi connectivity index (χ1n) is 7.98. The zero-order chi connectivity index (χ0) is 18.7. The molecule has 4 nitrogen and oxygen atoms in total. The third-order valence-corrected chi connectivity index (χ3v) is 4.49. The summed E-state index contributed by atoms with van der Waals surface area (Å²) in [5, 5.41) is 8.12. The van der Waals surface area contributed by atoms with Gasteiger partial charge in [-0.15, -0.1) is 0 Å². The van der Waals surface area contributed by atoms with Crippen LogP contribution in [0, 0.1) is 5.82 Å². The minimum absolute atomic E-state index is 0.246. The standard InChI is InChI=1S/C19H16Cl2FN3O/c1-2-3-18-15(11-23-13-6-9-16(20)17(21)10-13)19(26)25(24-18)14-7-4-12(22)5-8-14/h3-11,23-24H,2H2,1H3. The number of aromatic amines is 1. The van der Waals surface area contributed by atoms with Crippen LogP contribution in [0.3, 0.4) is 0 Å². The van der Waals surface area contributed by atoms with Crippen molar-refractivity contribution >= 4 is 41.2 Å². The second-order valence-electron chi connectivity index (χ2n) is 5.59. The third-order valence-electron chi connectivity index (χ3n) is 3.75. The summed E-state index contributed by atoms with van der Waals surface area (Å²) in [6.07, 6.45) is 4.26. The van der Waals surface area contributed by atoms with E-state index < -0.39 is 0 Å². The maximum Gasteiger partial charge on any atom is 0.280 e. The number of hydrogen-bond donors (Lipinski definition) is 2. The van der Waals surface area contributed by atoms with Gasteiger partial charge in [-0.2, -0.15) is 0 Å².